The quantitative estimate of drug-likeness (QED) is 0.0446. The summed E-state index contributed by atoms with van der Waals surface area (Å²) in [6.07, 6.45) is 9.79. The minimum atomic E-state index is -4.23. The van der Waals surface area contributed by atoms with Gasteiger partial charge in [0.25, 0.3) is 11.8 Å². The molecule has 1 saturated heterocycles. The van der Waals surface area contributed by atoms with Crippen molar-refractivity contribution in [2.75, 3.05) is 29.1 Å². The van der Waals surface area contributed by atoms with E-state index in [-0.39, 0.29) is 42.8 Å². The number of fused-ring (bicyclic) bond motifs is 2. The van der Waals surface area contributed by atoms with E-state index in [0.29, 0.717) is 60.0 Å². The second-order valence-electron chi connectivity index (χ2n) is 26.8. The first-order valence-electron chi connectivity index (χ1n) is 31.3. The third-order valence-corrected chi connectivity index (χ3v) is 22.4. The average Bonchev–Trinajstić information content (AvgIpc) is 1.47. The van der Waals surface area contributed by atoms with E-state index in [0.717, 1.165) is 73.0 Å². The molecule has 2 aliphatic heterocycles. The third kappa shape index (κ3) is 13.4. The molecular weight excluding hydrogens is 1180 g/mol. The molecule has 19 nitrogen and oxygen atoms in total. The van der Waals surface area contributed by atoms with Gasteiger partial charge in [0.15, 0.2) is 5.13 Å². The molecule has 4 saturated carbocycles. The Bertz CT molecular complexity index is 3890. The molecule has 7 aromatic rings. The number of aliphatic hydroxyl groups is 1. The summed E-state index contributed by atoms with van der Waals surface area (Å²) in [5.74, 6) is -0.141. The molecule has 0 radical (unpaired) electrons. The predicted octanol–water partition coefficient (Wildman–Crippen LogP) is 10.3. The first kappa shape index (κ1) is 61.8. The molecule has 5 amide bonds. The van der Waals surface area contributed by atoms with E-state index in [1.165, 1.54) is 54.8 Å². The number of aliphatic hydroxyl groups excluding tert-OH is 1. The lowest BCUT2D eigenvalue weighted by Crippen LogP contribution is -2.57. The van der Waals surface area contributed by atoms with Crippen molar-refractivity contribution in [2.45, 2.75) is 156 Å². The summed E-state index contributed by atoms with van der Waals surface area (Å²) in [5, 5.41) is 25.2. The Morgan fingerprint density at radius 3 is 2.28 bits per heavy atom. The van der Waals surface area contributed by atoms with Crippen LogP contribution in [0.1, 0.15) is 153 Å². The number of nitrogens with zero attached hydrogens (tertiary/aromatic N) is 7. The molecule has 0 unspecified atom stereocenters. The van der Waals surface area contributed by atoms with Gasteiger partial charge in [0.2, 0.25) is 27.7 Å². The molecule has 6 aliphatic rings. The zero-order valence-electron chi connectivity index (χ0n) is 51.4. The zero-order valence-corrected chi connectivity index (χ0v) is 53.8. The highest BCUT2D eigenvalue weighted by Crippen LogP contribution is 2.60. The zero-order chi connectivity index (χ0) is 62.5. The molecule has 6 heterocycles. The number of rotatable bonds is 20. The van der Waals surface area contributed by atoms with Crippen LogP contribution >= 0.6 is 22.7 Å². The minimum absolute atomic E-state index is 0.00998. The van der Waals surface area contributed by atoms with E-state index in [9.17, 15) is 37.5 Å². The summed E-state index contributed by atoms with van der Waals surface area (Å²) < 4.78 is 33.2. The maximum Gasteiger partial charge on any atom is 0.284 e. The lowest BCUT2D eigenvalue weighted by atomic mass is 9.49. The summed E-state index contributed by atoms with van der Waals surface area (Å²) in [7, 11) is -4.23. The SMILES string of the molecule is Cc1ncsc1-c1ccc([C@H](C)NC(=O)[C@@H]2C[C@@H](O)CN2C(=O)[C@@H](NC(=O)CCCCCS(=O)(=O)NC(=O)c2nc(N3CCc4cccc(C(=O)Nc5nc6ccccc6s5)c4C3)ccc2-c2cnn(CC34CC5CC(CC(C5)C3)C4)c2C)C(C)(C)C)cc1. The molecule has 4 bridgehead atoms. The molecular formula is C67H79N11O8S3. The smallest absolute Gasteiger partial charge is 0.284 e. The topological polar surface area (TPSA) is 251 Å². The number of para-hydroxylation sites is 1. The Kier molecular flexibility index (Phi) is 17.4. The highest BCUT2D eigenvalue weighted by Gasteiger charge is 2.51. The Hall–Kier alpha value is -7.40. The molecule has 13 rings (SSSR count). The number of anilines is 2. The van der Waals surface area contributed by atoms with Crippen LogP contribution in [0.15, 0.2) is 90.6 Å². The van der Waals surface area contributed by atoms with Crippen molar-refractivity contribution in [3.05, 3.63) is 130 Å². The molecule has 89 heavy (non-hydrogen) atoms. The Labute approximate surface area is 528 Å². The number of aromatic nitrogens is 5. The van der Waals surface area contributed by atoms with Crippen molar-refractivity contribution in [3.63, 3.8) is 0 Å². The Balaban J connectivity index is 0.695. The van der Waals surface area contributed by atoms with Crippen LogP contribution in [-0.4, -0.2) is 110 Å². The molecule has 468 valence electrons. The molecule has 0 spiro atoms. The second-order valence-corrected chi connectivity index (χ2v) is 30.5. The van der Waals surface area contributed by atoms with Gasteiger partial charge in [-0.25, -0.2) is 28.1 Å². The lowest BCUT2D eigenvalue weighted by Gasteiger charge is -2.56. The lowest BCUT2D eigenvalue weighted by molar-refractivity contribution is -0.144. The van der Waals surface area contributed by atoms with Gasteiger partial charge in [-0.15, -0.1) is 11.3 Å². The number of unbranched alkanes of at least 4 members (excludes halogenated alkanes) is 2. The van der Waals surface area contributed by atoms with Crippen molar-refractivity contribution in [3.8, 4) is 21.6 Å². The fourth-order valence-corrected chi connectivity index (χ4v) is 17.7. The maximum atomic E-state index is 14.7. The number of β-amino-alcohol motifs (C(OH)–C–C–N with tert-alkyl or cyclic N) is 1. The van der Waals surface area contributed by atoms with Crippen molar-refractivity contribution in [2.24, 2.45) is 28.6 Å². The van der Waals surface area contributed by atoms with E-state index in [2.05, 4.69) is 35.3 Å². The summed E-state index contributed by atoms with van der Waals surface area (Å²) in [6.45, 7) is 12.8. The number of pyridine rings is 1. The minimum Gasteiger partial charge on any atom is -0.391 e. The maximum absolute atomic E-state index is 14.7. The molecule has 4 atom stereocenters. The number of benzene rings is 3. The van der Waals surface area contributed by atoms with E-state index < -0.39 is 69.0 Å². The predicted molar refractivity (Wildman–Crippen MR) is 346 cm³/mol. The third-order valence-electron chi connectivity index (χ3n) is 19.1. The van der Waals surface area contributed by atoms with Crippen LogP contribution < -0.4 is 25.6 Å². The Morgan fingerprint density at radius 2 is 1.57 bits per heavy atom. The van der Waals surface area contributed by atoms with Gasteiger partial charge in [-0.3, -0.25) is 34.0 Å². The molecule has 5 N–H and O–H groups in total. The number of thiazole rings is 2. The van der Waals surface area contributed by atoms with Gasteiger partial charge in [-0.1, -0.05) is 87.1 Å². The number of sulfonamides is 1. The van der Waals surface area contributed by atoms with E-state index in [4.69, 9.17) is 10.1 Å². The molecule has 22 heteroatoms. The second kappa shape index (κ2) is 25.1. The number of hydrogen-bond acceptors (Lipinski definition) is 15. The van der Waals surface area contributed by atoms with Crippen molar-refractivity contribution < 1.29 is 37.5 Å². The van der Waals surface area contributed by atoms with Gasteiger partial charge in [-0.2, -0.15) is 5.10 Å². The summed E-state index contributed by atoms with van der Waals surface area (Å²) in [6, 6.07) is 22.6. The number of nitrogens with one attached hydrogen (secondary N) is 4. The Morgan fingerprint density at radius 1 is 0.831 bits per heavy atom. The van der Waals surface area contributed by atoms with Gasteiger partial charge < -0.3 is 25.5 Å². The van der Waals surface area contributed by atoms with Crippen molar-refractivity contribution in [1.82, 2.24) is 45.0 Å². The molecule has 5 fully saturated rings. The van der Waals surface area contributed by atoms with Crippen LogP contribution in [0, 0.1) is 42.4 Å². The van der Waals surface area contributed by atoms with Crippen LogP contribution in [0.5, 0.6) is 0 Å². The molecule has 4 aliphatic carbocycles. The standard InChI is InChI=1S/C67H79N11O8S3/c1-39(45-18-20-47(21-19-45)59-40(2)68-38-87-59)70-62(82)54-30-48(79)35-77(54)64(84)60(66(4,5)6)73-57(80)17-8-7-11-26-89(85,86)75-63(83)58-49(51-34-69-78(41(51)3)37-67-31-42-27-43(32-67)29-44(28-42)33-67)22-23-56(72-58)76-25-24-46-13-12-14-50(52(46)36-76)61(81)74-65-71-53-15-9-10-16-55(53)88-65/h9-10,12-16,18-23,34,38-39,42-44,48,54,60,79H,7-8,11,17,24-33,35-37H2,1-6H3,(H,70,82)(H,73,80)(H,75,83)(H,71,74,81)/t39-,42?,43?,44?,48+,54-,60+,67?/m0/s1. The highest BCUT2D eigenvalue weighted by atomic mass is 32.2. The summed E-state index contributed by atoms with van der Waals surface area (Å²) in [5.41, 5.74) is 9.15. The van der Waals surface area contributed by atoms with Crippen LogP contribution in [-0.2, 0) is 43.9 Å². The van der Waals surface area contributed by atoms with E-state index >= 15 is 0 Å². The summed E-state index contributed by atoms with van der Waals surface area (Å²) in [4.78, 5) is 88.9. The number of amides is 5. The van der Waals surface area contributed by atoms with Crippen molar-refractivity contribution >= 4 is 83.4 Å². The number of hydrogen-bond donors (Lipinski definition) is 5. The van der Waals surface area contributed by atoms with Crippen LogP contribution in [0.25, 0.3) is 31.8 Å². The highest BCUT2D eigenvalue weighted by molar-refractivity contribution is 7.90. The molecule has 3 aromatic carbocycles. The first-order valence-corrected chi connectivity index (χ1v) is 34.6. The van der Waals surface area contributed by atoms with Gasteiger partial charge in [-0.05, 0) is 160 Å². The number of carbonyl (C=O) groups is 5. The fourth-order valence-electron chi connectivity index (χ4n) is 15.0. The van der Waals surface area contributed by atoms with Gasteiger partial charge in [0, 0.05) is 61.4 Å². The van der Waals surface area contributed by atoms with Crippen LogP contribution in [0.3, 0.4) is 0 Å². The van der Waals surface area contributed by atoms with E-state index in [1.54, 1.807) is 29.1 Å². The first-order chi connectivity index (χ1) is 42.6. The van der Waals surface area contributed by atoms with Crippen molar-refractivity contribution in [1.29, 1.82) is 0 Å². The van der Waals surface area contributed by atoms with Crippen LogP contribution in [0.2, 0.25) is 0 Å². The van der Waals surface area contributed by atoms with Gasteiger partial charge >= 0.3 is 0 Å². The number of likely N-dealkylation sites (tertiary alicyclic amines) is 1. The monoisotopic (exact) mass is 1260 g/mol. The normalized spacial score (nSPS) is 22.0. The average molecular weight is 1260 g/mol. The van der Waals surface area contributed by atoms with Crippen LogP contribution in [0.4, 0.5) is 10.9 Å². The van der Waals surface area contributed by atoms with Gasteiger partial charge in [0.05, 0.1) is 50.4 Å². The van der Waals surface area contributed by atoms with E-state index in [1.807, 2.05) is 119 Å². The van der Waals surface area contributed by atoms with Gasteiger partial charge in [0.1, 0.15) is 23.6 Å². The number of aryl methyl sites for hydroxylation is 1. The molecule has 4 aromatic heterocycles. The largest absolute Gasteiger partial charge is 0.391 e. The fraction of sp³-hybridized carbons (Fsp3) is 0.478. The number of carbonyl (C=O) groups excluding carboxylic acids is 5. The summed E-state index contributed by atoms with van der Waals surface area (Å²) >= 11 is 2.96.